The molecular formula is C28H29F3N8O3. The number of hydrogen-bond donors (Lipinski definition) is 4. The summed E-state index contributed by atoms with van der Waals surface area (Å²) in [4.78, 5) is 43.4. The van der Waals surface area contributed by atoms with Crippen LogP contribution in [0.15, 0.2) is 47.6 Å². The fraction of sp³-hybridized carbons (Fsp3) is 0.357. The van der Waals surface area contributed by atoms with Gasteiger partial charge in [-0.15, -0.1) is 0 Å². The van der Waals surface area contributed by atoms with Crippen molar-refractivity contribution >= 4 is 29.8 Å². The summed E-state index contributed by atoms with van der Waals surface area (Å²) in [6.45, 7) is 3.85. The predicted molar refractivity (Wildman–Crippen MR) is 148 cm³/mol. The number of carbonyl (C=O) groups excluding carboxylic acids is 2. The van der Waals surface area contributed by atoms with E-state index in [0.717, 1.165) is 37.5 Å². The van der Waals surface area contributed by atoms with Gasteiger partial charge < -0.3 is 25.7 Å². The van der Waals surface area contributed by atoms with Crippen molar-refractivity contribution in [3.8, 4) is 11.3 Å². The molecule has 0 radical (unpaired) electrons. The number of amidine groups is 1. The summed E-state index contributed by atoms with van der Waals surface area (Å²) in [5.74, 6) is -0.236. The Hall–Kier alpha value is -4.59. The maximum atomic E-state index is 13.1. The van der Waals surface area contributed by atoms with Crippen molar-refractivity contribution in [2.45, 2.75) is 31.9 Å². The van der Waals surface area contributed by atoms with E-state index >= 15 is 0 Å². The first kappa shape index (κ1) is 28.9. The SMILES string of the molecule is CC1(C(=O)N2CCC[C@@H](c3nc(-c4ccc(C(=O)Nc5cc(C(F)(F)F)ccn5)cc4)c(C(N)=NC=N)[nH]3)C2)COC1. The first-order valence-electron chi connectivity index (χ1n) is 13.2. The van der Waals surface area contributed by atoms with Gasteiger partial charge >= 0.3 is 6.18 Å². The summed E-state index contributed by atoms with van der Waals surface area (Å²) >= 11 is 0. The number of benzene rings is 1. The number of nitrogens with one attached hydrogen (secondary N) is 3. The van der Waals surface area contributed by atoms with Crippen LogP contribution >= 0.6 is 0 Å². The number of piperidine rings is 1. The second kappa shape index (κ2) is 11.4. The van der Waals surface area contributed by atoms with Crippen LogP contribution in [-0.4, -0.2) is 70.1 Å². The minimum absolute atomic E-state index is 0.0408. The van der Waals surface area contributed by atoms with Crippen molar-refractivity contribution in [3.05, 3.63) is 65.2 Å². The third kappa shape index (κ3) is 5.88. The third-order valence-corrected chi connectivity index (χ3v) is 7.38. The molecule has 2 aliphatic rings. The Balaban J connectivity index is 1.37. The molecule has 42 heavy (non-hydrogen) atoms. The van der Waals surface area contributed by atoms with Crippen molar-refractivity contribution in [2.24, 2.45) is 16.1 Å². The molecule has 5 rings (SSSR count). The molecule has 1 atom stereocenters. The summed E-state index contributed by atoms with van der Waals surface area (Å²) in [7, 11) is 0. The number of aromatic nitrogens is 3. The van der Waals surface area contributed by atoms with Gasteiger partial charge in [-0.2, -0.15) is 13.2 Å². The first-order valence-corrected chi connectivity index (χ1v) is 13.2. The van der Waals surface area contributed by atoms with Crippen LogP contribution in [0.3, 0.4) is 0 Å². The van der Waals surface area contributed by atoms with Crippen molar-refractivity contribution in [1.29, 1.82) is 5.41 Å². The van der Waals surface area contributed by atoms with Gasteiger partial charge in [0.1, 0.15) is 23.7 Å². The number of anilines is 1. The van der Waals surface area contributed by atoms with Crippen molar-refractivity contribution in [2.75, 3.05) is 31.6 Å². The summed E-state index contributed by atoms with van der Waals surface area (Å²) in [6, 6.07) is 7.84. The topological polar surface area (TPSA) is 162 Å². The summed E-state index contributed by atoms with van der Waals surface area (Å²) in [5.41, 5.74) is 6.33. The highest BCUT2D eigenvalue weighted by Crippen LogP contribution is 2.34. The van der Waals surface area contributed by atoms with Gasteiger partial charge in [0.2, 0.25) is 5.91 Å². The summed E-state index contributed by atoms with van der Waals surface area (Å²) in [5, 5.41) is 9.72. The lowest BCUT2D eigenvalue weighted by Gasteiger charge is -2.42. The van der Waals surface area contributed by atoms with Crippen LogP contribution < -0.4 is 11.1 Å². The zero-order valence-corrected chi connectivity index (χ0v) is 22.7. The second-order valence-corrected chi connectivity index (χ2v) is 10.6. The van der Waals surface area contributed by atoms with E-state index in [2.05, 4.69) is 20.3 Å². The van der Waals surface area contributed by atoms with E-state index in [1.165, 1.54) is 12.1 Å². The van der Waals surface area contributed by atoms with Gasteiger partial charge in [-0.3, -0.25) is 15.0 Å². The highest BCUT2D eigenvalue weighted by Gasteiger charge is 2.44. The lowest BCUT2D eigenvalue weighted by Crippen LogP contribution is -2.55. The van der Waals surface area contributed by atoms with Crippen LogP contribution in [0.5, 0.6) is 0 Å². The van der Waals surface area contributed by atoms with E-state index < -0.39 is 23.1 Å². The van der Waals surface area contributed by atoms with E-state index in [1.807, 2.05) is 11.8 Å². The van der Waals surface area contributed by atoms with Crippen molar-refractivity contribution in [3.63, 3.8) is 0 Å². The molecule has 220 valence electrons. The Morgan fingerprint density at radius 2 is 2.00 bits per heavy atom. The van der Waals surface area contributed by atoms with Crippen molar-refractivity contribution in [1.82, 2.24) is 19.9 Å². The van der Waals surface area contributed by atoms with Gasteiger partial charge in [0, 0.05) is 36.3 Å². The number of aliphatic imine (C=N–C) groups is 1. The molecule has 2 fully saturated rings. The van der Waals surface area contributed by atoms with Crippen LogP contribution in [0.2, 0.25) is 0 Å². The Bertz CT molecular complexity index is 1530. The predicted octanol–water partition coefficient (Wildman–Crippen LogP) is 3.80. The maximum Gasteiger partial charge on any atom is 0.416 e. The van der Waals surface area contributed by atoms with Gasteiger partial charge in [-0.05, 0) is 44.0 Å². The molecule has 0 aliphatic carbocycles. The van der Waals surface area contributed by atoms with Gasteiger partial charge in [0.15, 0.2) is 5.84 Å². The lowest BCUT2D eigenvalue weighted by atomic mass is 9.85. The van der Waals surface area contributed by atoms with Gasteiger partial charge in [0.05, 0.1) is 29.9 Å². The average Bonchev–Trinajstić information content (AvgIpc) is 3.41. The molecule has 0 unspecified atom stereocenters. The highest BCUT2D eigenvalue weighted by molar-refractivity contribution is 6.05. The normalized spacial score (nSPS) is 18.7. The van der Waals surface area contributed by atoms with Crippen LogP contribution in [0.1, 0.15) is 53.1 Å². The standard InChI is InChI=1S/C28H29F3N8O3/c1-27(13-42-14-27)26(41)39-10-2-3-18(12-39)24-37-21(22(38-24)23(33)35-15-32)16-4-6-17(7-5-16)25(40)36-20-11-19(8-9-34-20)28(29,30)31/h4-9,11,15,18H,2-3,10,12-14H2,1H3,(H,37,38)(H3,32,33,35)(H,34,36,40)/t18-/m1/s1. The summed E-state index contributed by atoms with van der Waals surface area (Å²) in [6.07, 6.45) is -1.18. The van der Waals surface area contributed by atoms with E-state index in [1.54, 1.807) is 12.1 Å². The van der Waals surface area contributed by atoms with Crippen LogP contribution in [0.4, 0.5) is 19.0 Å². The fourth-order valence-electron chi connectivity index (χ4n) is 5.05. The number of nitrogens with zero attached hydrogens (tertiary/aromatic N) is 4. The Morgan fingerprint density at radius 1 is 1.26 bits per heavy atom. The number of halogens is 3. The molecule has 4 heterocycles. The van der Waals surface area contributed by atoms with E-state index in [0.29, 0.717) is 49.1 Å². The van der Waals surface area contributed by atoms with Gasteiger partial charge in [-0.25, -0.2) is 15.0 Å². The van der Waals surface area contributed by atoms with E-state index in [4.69, 9.17) is 20.9 Å². The quantitative estimate of drug-likeness (QED) is 0.245. The number of nitrogens with two attached hydrogens (primary N) is 1. The number of hydrogen-bond acceptors (Lipinski definition) is 6. The molecule has 3 aromatic rings. The lowest BCUT2D eigenvalue weighted by molar-refractivity contribution is -0.170. The minimum Gasteiger partial charge on any atom is -0.382 e. The number of imidazole rings is 1. The number of aromatic amines is 1. The van der Waals surface area contributed by atoms with Gasteiger partial charge in [-0.1, -0.05) is 12.1 Å². The zero-order chi connectivity index (χ0) is 30.1. The van der Waals surface area contributed by atoms with Crippen LogP contribution in [0.25, 0.3) is 11.3 Å². The minimum atomic E-state index is -4.57. The molecule has 11 nitrogen and oxygen atoms in total. The average molecular weight is 583 g/mol. The Morgan fingerprint density at radius 3 is 2.64 bits per heavy atom. The molecule has 0 bridgehead atoms. The molecule has 2 saturated heterocycles. The first-order chi connectivity index (χ1) is 20.0. The molecule has 5 N–H and O–H groups in total. The Kier molecular flexibility index (Phi) is 7.82. The molecule has 14 heteroatoms. The molecule has 2 aliphatic heterocycles. The van der Waals surface area contributed by atoms with Gasteiger partial charge in [0.25, 0.3) is 5.91 Å². The largest absolute Gasteiger partial charge is 0.416 e. The number of H-pyrrole nitrogens is 1. The molecule has 0 spiro atoms. The number of amides is 2. The third-order valence-electron chi connectivity index (χ3n) is 7.38. The van der Waals surface area contributed by atoms with E-state index in [-0.39, 0.29) is 29.0 Å². The number of pyridine rings is 1. The molecule has 2 aromatic heterocycles. The Labute approximate surface area is 238 Å². The van der Waals surface area contributed by atoms with E-state index in [9.17, 15) is 22.8 Å². The second-order valence-electron chi connectivity index (χ2n) is 10.6. The number of alkyl halides is 3. The smallest absolute Gasteiger partial charge is 0.382 e. The fourth-order valence-corrected chi connectivity index (χ4v) is 5.05. The van der Waals surface area contributed by atoms with Crippen LogP contribution in [0, 0.1) is 10.8 Å². The molecule has 2 amide bonds. The maximum absolute atomic E-state index is 13.1. The number of likely N-dealkylation sites (tertiary alicyclic amines) is 1. The monoisotopic (exact) mass is 582 g/mol. The molecule has 1 aromatic carbocycles. The molecular weight excluding hydrogens is 553 g/mol. The number of rotatable bonds is 7. The van der Waals surface area contributed by atoms with Crippen LogP contribution in [-0.2, 0) is 15.7 Å². The number of carbonyl (C=O) groups is 2. The van der Waals surface area contributed by atoms with Crippen molar-refractivity contribution < 1.29 is 27.5 Å². The molecule has 0 saturated carbocycles. The number of ether oxygens (including phenoxy) is 1. The summed E-state index contributed by atoms with van der Waals surface area (Å²) < 4.78 is 44.3. The zero-order valence-electron chi connectivity index (χ0n) is 22.7. The highest BCUT2D eigenvalue weighted by atomic mass is 19.4.